The van der Waals surface area contributed by atoms with Gasteiger partial charge in [-0.1, -0.05) is 11.6 Å². The molecule has 0 saturated carbocycles. The molecule has 1 aliphatic carbocycles. The summed E-state index contributed by atoms with van der Waals surface area (Å²) in [5.41, 5.74) is 6.40. The maximum absolute atomic E-state index is 12.6. The van der Waals surface area contributed by atoms with Gasteiger partial charge in [0.1, 0.15) is 5.71 Å². The summed E-state index contributed by atoms with van der Waals surface area (Å²) in [7, 11) is 0. The van der Waals surface area contributed by atoms with E-state index >= 15 is 0 Å². The van der Waals surface area contributed by atoms with Gasteiger partial charge in [0, 0.05) is 36.3 Å². The molecule has 0 bridgehead atoms. The Morgan fingerprint density at radius 3 is 2.71 bits per heavy atom. The SMILES string of the molecule is Cc1cc(C(=O)COC(=O)C2=NNC(=O)CC2)c(C)n1CCC1=CCCCC1. The van der Waals surface area contributed by atoms with Crippen molar-refractivity contribution < 1.29 is 19.1 Å². The number of rotatable bonds is 7. The number of ether oxygens (including phenoxy) is 1. The number of nitrogens with one attached hydrogen (secondary N) is 1. The molecule has 2 aliphatic rings. The van der Waals surface area contributed by atoms with Crippen LogP contribution in [0.2, 0.25) is 0 Å². The van der Waals surface area contributed by atoms with Gasteiger partial charge in [0.25, 0.3) is 0 Å². The number of Topliss-reactive ketones (excluding diaryl/α,β-unsaturated/α-hetero) is 1. The van der Waals surface area contributed by atoms with Crippen LogP contribution in [0.1, 0.15) is 66.7 Å². The topological polar surface area (TPSA) is 89.8 Å². The molecule has 7 nitrogen and oxygen atoms in total. The summed E-state index contributed by atoms with van der Waals surface area (Å²) in [6.07, 6.45) is 8.65. The summed E-state index contributed by atoms with van der Waals surface area (Å²) < 4.78 is 7.26. The number of aromatic nitrogens is 1. The molecule has 0 aromatic carbocycles. The number of hydrogen-bond acceptors (Lipinski definition) is 5. The second-order valence-electron chi connectivity index (χ2n) is 7.39. The van der Waals surface area contributed by atoms with Crippen molar-refractivity contribution in [1.82, 2.24) is 9.99 Å². The second kappa shape index (κ2) is 8.99. The summed E-state index contributed by atoms with van der Waals surface area (Å²) in [5.74, 6) is -1.12. The summed E-state index contributed by atoms with van der Waals surface area (Å²) >= 11 is 0. The van der Waals surface area contributed by atoms with E-state index in [-0.39, 0.29) is 36.9 Å². The molecule has 7 heteroatoms. The highest BCUT2D eigenvalue weighted by molar-refractivity contribution is 6.37. The maximum atomic E-state index is 12.6. The monoisotopic (exact) mass is 385 g/mol. The zero-order valence-electron chi connectivity index (χ0n) is 16.5. The molecule has 150 valence electrons. The lowest BCUT2D eigenvalue weighted by molar-refractivity contribution is -0.134. The van der Waals surface area contributed by atoms with Crippen molar-refractivity contribution in [3.8, 4) is 0 Å². The largest absolute Gasteiger partial charge is 0.453 e. The molecule has 0 unspecified atom stereocenters. The molecule has 1 aromatic rings. The van der Waals surface area contributed by atoms with Crippen LogP contribution in [0, 0.1) is 13.8 Å². The van der Waals surface area contributed by atoms with Crippen LogP contribution in [0.25, 0.3) is 0 Å². The number of nitrogens with zero attached hydrogens (tertiary/aromatic N) is 2. The van der Waals surface area contributed by atoms with E-state index in [1.807, 2.05) is 19.9 Å². The van der Waals surface area contributed by atoms with Gasteiger partial charge in [-0.2, -0.15) is 5.10 Å². The lowest BCUT2D eigenvalue weighted by Crippen LogP contribution is -2.31. The minimum absolute atomic E-state index is 0.138. The highest BCUT2D eigenvalue weighted by Gasteiger charge is 2.22. The number of aryl methyl sites for hydroxylation is 1. The summed E-state index contributed by atoms with van der Waals surface area (Å²) in [6, 6.07) is 1.86. The first-order valence-corrected chi connectivity index (χ1v) is 9.86. The molecule has 1 N–H and O–H groups in total. The van der Waals surface area contributed by atoms with E-state index in [1.54, 1.807) is 0 Å². The van der Waals surface area contributed by atoms with Gasteiger partial charge in [-0.25, -0.2) is 10.2 Å². The number of carbonyl (C=O) groups is 3. The van der Waals surface area contributed by atoms with Crippen LogP contribution < -0.4 is 5.43 Å². The lowest BCUT2D eigenvalue weighted by Gasteiger charge is -2.15. The fourth-order valence-corrected chi connectivity index (χ4v) is 3.73. The Hall–Kier alpha value is -2.70. The lowest BCUT2D eigenvalue weighted by atomic mass is 9.97. The van der Waals surface area contributed by atoms with Gasteiger partial charge in [0.15, 0.2) is 6.61 Å². The number of ketones is 1. The number of allylic oxidation sites excluding steroid dienone is 2. The molecule has 2 heterocycles. The van der Waals surface area contributed by atoms with Crippen molar-refractivity contribution in [1.29, 1.82) is 0 Å². The van der Waals surface area contributed by atoms with Crippen molar-refractivity contribution in [3.63, 3.8) is 0 Å². The fourth-order valence-electron chi connectivity index (χ4n) is 3.73. The first kappa shape index (κ1) is 20.0. The van der Waals surface area contributed by atoms with Gasteiger partial charge in [-0.15, -0.1) is 0 Å². The maximum Gasteiger partial charge on any atom is 0.354 e. The molecule has 3 rings (SSSR count). The number of amides is 1. The first-order valence-electron chi connectivity index (χ1n) is 9.86. The van der Waals surface area contributed by atoms with Crippen LogP contribution >= 0.6 is 0 Å². The minimum atomic E-state index is -0.661. The van der Waals surface area contributed by atoms with Crippen LogP contribution in [-0.4, -0.2) is 34.5 Å². The third kappa shape index (κ3) is 4.77. The molecule has 0 spiro atoms. The summed E-state index contributed by atoms with van der Waals surface area (Å²) in [4.78, 5) is 35.6. The van der Waals surface area contributed by atoms with Crippen molar-refractivity contribution in [2.45, 2.75) is 65.3 Å². The Labute approximate surface area is 164 Å². The van der Waals surface area contributed by atoms with Gasteiger partial charge >= 0.3 is 5.97 Å². The molecule has 1 aromatic heterocycles. The van der Waals surface area contributed by atoms with Crippen LogP contribution in [0.3, 0.4) is 0 Å². The van der Waals surface area contributed by atoms with E-state index in [1.165, 1.54) is 31.3 Å². The minimum Gasteiger partial charge on any atom is -0.453 e. The Balaban J connectivity index is 1.58. The van der Waals surface area contributed by atoms with Crippen LogP contribution in [0.15, 0.2) is 22.8 Å². The van der Waals surface area contributed by atoms with E-state index in [4.69, 9.17) is 4.74 Å². The van der Waals surface area contributed by atoms with Gasteiger partial charge < -0.3 is 9.30 Å². The van der Waals surface area contributed by atoms with Gasteiger partial charge in [-0.3, -0.25) is 9.59 Å². The predicted molar refractivity (Wildman–Crippen MR) is 105 cm³/mol. The predicted octanol–water partition coefficient (Wildman–Crippen LogP) is 2.99. The van der Waals surface area contributed by atoms with E-state index in [9.17, 15) is 14.4 Å². The average Bonchev–Trinajstić information content (AvgIpc) is 2.99. The smallest absolute Gasteiger partial charge is 0.354 e. The molecule has 0 saturated heterocycles. The van der Waals surface area contributed by atoms with Crippen molar-refractivity contribution >= 4 is 23.4 Å². The van der Waals surface area contributed by atoms with Gasteiger partial charge in [0.05, 0.1) is 0 Å². The molecule has 1 aliphatic heterocycles. The van der Waals surface area contributed by atoms with Crippen LogP contribution in [-0.2, 0) is 20.9 Å². The first-order chi connectivity index (χ1) is 13.5. The normalized spacial score (nSPS) is 16.9. The number of hydrazone groups is 1. The van der Waals surface area contributed by atoms with Crippen molar-refractivity contribution in [2.75, 3.05) is 6.61 Å². The molecule has 0 atom stereocenters. The number of esters is 1. The zero-order valence-corrected chi connectivity index (χ0v) is 16.5. The third-order valence-electron chi connectivity index (χ3n) is 5.39. The van der Waals surface area contributed by atoms with Gasteiger partial charge in [0.2, 0.25) is 11.7 Å². The summed E-state index contributed by atoms with van der Waals surface area (Å²) in [5, 5.41) is 3.69. The molecular formula is C21H27N3O4. The number of hydrogen-bond donors (Lipinski definition) is 1. The Bertz CT molecular complexity index is 848. The molecule has 1 amide bonds. The fraction of sp³-hybridized carbons (Fsp3) is 0.524. The molecular weight excluding hydrogens is 358 g/mol. The van der Waals surface area contributed by atoms with Crippen molar-refractivity contribution in [3.05, 3.63) is 34.7 Å². The van der Waals surface area contributed by atoms with E-state index in [2.05, 4.69) is 21.2 Å². The van der Waals surface area contributed by atoms with E-state index in [0.29, 0.717) is 5.56 Å². The Morgan fingerprint density at radius 2 is 2.04 bits per heavy atom. The highest BCUT2D eigenvalue weighted by atomic mass is 16.5. The van der Waals surface area contributed by atoms with E-state index in [0.717, 1.165) is 24.4 Å². The van der Waals surface area contributed by atoms with Crippen LogP contribution in [0.5, 0.6) is 0 Å². The quantitative estimate of drug-likeness (QED) is 0.444. The molecule has 0 fully saturated rings. The third-order valence-corrected chi connectivity index (χ3v) is 5.39. The van der Waals surface area contributed by atoms with Crippen LogP contribution in [0.4, 0.5) is 0 Å². The molecule has 0 radical (unpaired) electrons. The van der Waals surface area contributed by atoms with E-state index < -0.39 is 5.97 Å². The Kier molecular flexibility index (Phi) is 6.44. The number of carbonyl (C=O) groups excluding carboxylic acids is 3. The van der Waals surface area contributed by atoms with Crippen molar-refractivity contribution in [2.24, 2.45) is 5.10 Å². The zero-order chi connectivity index (χ0) is 20.1. The standard InChI is InChI=1S/C21H27N3O4/c1-14-12-17(15(2)24(14)11-10-16-6-4-3-5-7-16)19(25)13-28-21(27)18-8-9-20(26)23-22-18/h6,12H,3-5,7-11,13H2,1-2H3,(H,23,26). The summed E-state index contributed by atoms with van der Waals surface area (Å²) in [6.45, 7) is 4.44. The average molecular weight is 385 g/mol. The van der Waals surface area contributed by atoms with Gasteiger partial charge in [-0.05, 0) is 52.0 Å². The molecule has 28 heavy (non-hydrogen) atoms. The highest BCUT2D eigenvalue weighted by Crippen LogP contribution is 2.23. The second-order valence-corrected chi connectivity index (χ2v) is 7.39. The Morgan fingerprint density at radius 1 is 1.21 bits per heavy atom.